The van der Waals surface area contributed by atoms with Crippen molar-refractivity contribution in [1.29, 1.82) is 0 Å². The van der Waals surface area contributed by atoms with Crippen molar-refractivity contribution in [3.8, 4) is 0 Å². The predicted octanol–water partition coefficient (Wildman–Crippen LogP) is 2.34. The minimum Gasteiger partial charge on any atom is -0.353 e. The van der Waals surface area contributed by atoms with Crippen LogP contribution in [-0.4, -0.2) is 46.3 Å². The standard InChI is InChI=1S/C18H19N7/c1-2-6-15(7-3-1)21-18-22-17(14-20-23-18)25-12-10-24(11-13-25)16-8-4-5-9-19-16/h1-9,14H,10-13H2,(H,21,22,23). The SMILES string of the molecule is c1ccc(Nc2nncc(N3CCN(c4ccccn4)CC3)n2)cc1. The molecule has 1 N–H and O–H groups in total. The van der Waals surface area contributed by atoms with Crippen LogP contribution in [0.15, 0.2) is 60.9 Å². The van der Waals surface area contributed by atoms with Gasteiger partial charge in [0, 0.05) is 38.1 Å². The molecule has 1 aromatic carbocycles. The number of rotatable bonds is 4. The Kier molecular flexibility index (Phi) is 4.37. The number of piperazine rings is 1. The Hall–Kier alpha value is -3.22. The average Bonchev–Trinajstić information content (AvgIpc) is 2.70. The van der Waals surface area contributed by atoms with E-state index in [1.54, 1.807) is 6.20 Å². The first-order valence-electron chi connectivity index (χ1n) is 8.31. The molecule has 0 amide bonds. The third-order valence-corrected chi connectivity index (χ3v) is 4.15. The van der Waals surface area contributed by atoms with Gasteiger partial charge in [0.15, 0.2) is 5.82 Å². The summed E-state index contributed by atoms with van der Waals surface area (Å²) in [6, 6.07) is 15.9. The van der Waals surface area contributed by atoms with E-state index < -0.39 is 0 Å². The molecule has 126 valence electrons. The van der Waals surface area contributed by atoms with Gasteiger partial charge in [-0.15, -0.1) is 5.10 Å². The molecule has 0 saturated carbocycles. The summed E-state index contributed by atoms with van der Waals surface area (Å²) in [7, 11) is 0. The first-order chi connectivity index (χ1) is 12.4. The van der Waals surface area contributed by atoms with Gasteiger partial charge in [-0.1, -0.05) is 24.3 Å². The maximum Gasteiger partial charge on any atom is 0.249 e. The number of pyridine rings is 1. The summed E-state index contributed by atoms with van der Waals surface area (Å²) in [5.74, 6) is 2.37. The van der Waals surface area contributed by atoms with E-state index in [1.807, 2.05) is 54.7 Å². The summed E-state index contributed by atoms with van der Waals surface area (Å²) in [6.45, 7) is 3.56. The van der Waals surface area contributed by atoms with E-state index in [1.165, 1.54) is 0 Å². The minimum absolute atomic E-state index is 0.510. The zero-order valence-corrected chi connectivity index (χ0v) is 13.8. The second kappa shape index (κ2) is 7.12. The molecular weight excluding hydrogens is 314 g/mol. The minimum atomic E-state index is 0.510. The molecule has 0 atom stereocenters. The fourth-order valence-electron chi connectivity index (χ4n) is 2.86. The summed E-state index contributed by atoms with van der Waals surface area (Å²) in [5.41, 5.74) is 0.946. The quantitative estimate of drug-likeness (QED) is 0.786. The van der Waals surface area contributed by atoms with Crippen molar-refractivity contribution >= 4 is 23.3 Å². The Balaban J connectivity index is 1.42. The fraction of sp³-hybridized carbons (Fsp3) is 0.222. The highest BCUT2D eigenvalue weighted by molar-refractivity contribution is 5.54. The molecule has 0 radical (unpaired) electrons. The lowest BCUT2D eigenvalue weighted by molar-refractivity contribution is 0.639. The van der Waals surface area contributed by atoms with Crippen molar-refractivity contribution in [2.75, 3.05) is 41.3 Å². The van der Waals surface area contributed by atoms with Gasteiger partial charge in [-0.3, -0.25) is 0 Å². The van der Waals surface area contributed by atoms with Crippen LogP contribution in [0.2, 0.25) is 0 Å². The van der Waals surface area contributed by atoms with Crippen molar-refractivity contribution in [3.63, 3.8) is 0 Å². The number of hydrogen-bond acceptors (Lipinski definition) is 7. The normalized spacial score (nSPS) is 14.4. The van der Waals surface area contributed by atoms with Gasteiger partial charge in [-0.2, -0.15) is 10.1 Å². The molecule has 1 aliphatic rings. The van der Waals surface area contributed by atoms with Crippen LogP contribution in [0, 0.1) is 0 Å². The van der Waals surface area contributed by atoms with E-state index in [4.69, 9.17) is 0 Å². The molecule has 1 aliphatic heterocycles. The Labute approximate surface area is 146 Å². The number of nitrogens with zero attached hydrogens (tertiary/aromatic N) is 6. The maximum atomic E-state index is 4.60. The average molecular weight is 333 g/mol. The molecule has 1 fully saturated rings. The summed E-state index contributed by atoms with van der Waals surface area (Å²) < 4.78 is 0. The zero-order chi connectivity index (χ0) is 16.9. The topological polar surface area (TPSA) is 70.1 Å². The number of nitrogens with one attached hydrogen (secondary N) is 1. The second-order valence-electron chi connectivity index (χ2n) is 5.79. The summed E-state index contributed by atoms with van der Waals surface area (Å²) in [5, 5.41) is 11.3. The lowest BCUT2D eigenvalue weighted by Crippen LogP contribution is -2.47. The molecule has 3 aromatic rings. The van der Waals surface area contributed by atoms with Crippen LogP contribution < -0.4 is 15.1 Å². The zero-order valence-electron chi connectivity index (χ0n) is 13.8. The highest BCUT2D eigenvalue weighted by Crippen LogP contribution is 2.18. The van der Waals surface area contributed by atoms with E-state index in [0.717, 1.165) is 43.5 Å². The molecular formula is C18H19N7. The molecule has 25 heavy (non-hydrogen) atoms. The van der Waals surface area contributed by atoms with Crippen LogP contribution in [0.3, 0.4) is 0 Å². The van der Waals surface area contributed by atoms with E-state index in [0.29, 0.717) is 5.95 Å². The molecule has 7 heteroatoms. The maximum absolute atomic E-state index is 4.60. The van der Waals surface area contributed by atoms with Gasteiger partial charge >= 0.3 is 0 Å². The Bertz CT molecular complexity index is 802. The molecule has 4 rings (SSSR count). The van der Waals surface area contributed by atoms with E-state index in [9.17, 15) is 0 Å². The molecule has 0 aliphatic carbocycles. The largest absolute Gasteiger partial charge is 0.353 e. The van der Waals surface area contributed by atoms with Gasteiger partial charge in [0.05, 0.1) is 6.20 Å². The van der Waals surface area contributed by atoms with Gasteiger partial charge in [0.2, 0.25) is 5.95 Å². The van der Waals surface area contributed by atoms with Crippen LogP contribution in [0.4, 0.5) is 23.3 Å². The van der Waals surface area contributed by atoms with E-state index in [2.05, 4.69) is 35.3 Å². The van der Waals surface area contributed by atoms with Gasteiger partial charge in [0.1, 0.15) is 5.82 Å². The third kappa shape index (κ3) is 3.65. The molecule has 2 aromatic heterocycles. The third-order valence-electron chi connectivity index (χ3n) is 4.15. The van der Waals surface area contributed by atoms with Crippen molar-refractivity contribution in [2.45, 2.75) is 0 Å². The van der Waals surface area contributed by atoms with Gasteiger partial charge in [0.25, 0.3) is 0 Å². The highest BCUT2D eigenvalue weighted by atomic mass is 15.3. The van der Waals surface area contributed by atoms with Crippen molar-refractivity contribution in [1.82, 2.24) is 20.2 Å². The molecule has 3 heterocycles. The molecule has 1 saturated heterocycles. The number of benzene rings is 1. The number of anilines is 4. The Morgan fingerprint density at radius 1 is 0.800 bits per heavy atom. The van der Waals surface area contributed by atoms with Crippen LogP contribution in [0.5, 0.6) is 0 Å². The predicted molar refractivity (Wildman–Crippen MR) is 98.2 cm³/mol. The van der Waals surface area contributed by atoms with Crippen LogP contribution in [-0.2, 0) is 0 Å². The van der Waals surface area contributed by atoms with Crippen LogP contribution >= 0.6 is 0 Å². The van der Waals surface area contributed by atoms with Gasteiger partial charge < -0.3 is 15.1 Å². The smallest absolute Gasteiger partial charge is 0.249 e. The lowest BCUT2D eigenvalue weighted by Gasteiger charge is -2.35. The summed E-state index contributed by atoms with van der Waals surface area (Å²) >= 11 is 0. The fourth-order valence-corrected chi connectivity index (χ4v) is 2.86. The number of hydrogen-bond donors (Lipinski definition) is 1. The molecule has 0 bridgehead atoms. The number of aromatic nitrogens is 4. The van der Waals surface area contributed by atoms with Crippen LogP contribution in [0.1, 0.15) is 0 Å². The van der Waals surface area contributed by atoms with E-state index >= 15 is 0 Å². The summed E-state index contributed by atoms with van der Waals surface area (Å²) in [4.78, 5) is 13.5. The van der Waals surface area contributed by atoms with Gasteiger partial charge in [-0.05, 0) is 24.3 Å². The second-order valence-corrected chi connectivity index (χ2v) is 5.79. The highest BCUT2D eigenvalue weighted by Gasteiger charge is 2.19. The monoisotopic (exact) mass is 333 g/mol. The molecule has 0 unspecified atom stereocenters. The van der Waals surface area contributed by atoms with Crippen molar-refractivity contribution in [3.05, 3.63) is 60.9 Å². The lowest BCUT2D eigenvalue weighted by atomic mass is 10.3. The Morgan fingerprint density at radius 3 is 2.24 bits per heavy atom. The van der Waals surface area contributed by atoms with Crippen molar-refractivity contribution < 1.29 is 0 Å². The molecule has 0 spiro atoms. The first-order valence-corrected chi connectivity index (χ1v) is 8.31. The molecule has 7 nitrogen and oxygen atoms in total. The van der Waals surface area contributed by atoms with Gasteiger partial charge in [-0.25, -0.2) is 4.98 Å². The number of para-hydroxylation sites is 1. The first kappa shape index (κ1) is 15.3. The Morgan fingerprint density at radius 2 is 1.52 bits per heavy atom. The van der Waals surface area contributed by atoms with Crippen LogP contribution in [0.25, 0.3) is 0 Å². The van der Waals surface area contributed by atoms with Crippen molar-refractivity contribution in [2.24, 2.45) is 0 Å². The van der Waals surface area contributed by atoms with E-state index in [-0.39, 0.29) is 0 Å². The summed E-state index contributed by atoms with van der Waals surface area (Å²) in [6.07, 6.45) is 3.55.